The highest BCUT2D eigenvalue weighted by Crippen LogP contribution is 2.36. The molecule has 2 amide bonds. The lowest BCUT2D eigenvalue weighted by Crippen LogP contribution is -2.45. The van der Waals surface area contributed by atoms with E-state index in [0.717, 1.165) is 37.4 Å². The zero-order valence-electron chi connectivity index (χ0n) is 16.4. The van der Waals surface area contributed by atoms with Crippen LogP contribution >= 0.6 is 0 Å². The van der Waals surface area contributed by atoms with Crippen molar-refractivity contribution in [1.29, 1.82) is 0 Å². The van der Waals surface area contributed by atoms with E-state index in [4.69, 9.17) is 4.74 Å². The van der Waals surface area contributed by atoms with E-state index in [2.05, 4.69) is 5.32 Å². The second-order valence-electron chi connectivity index (χ2n) is 8.05. The predicted octanol–water partition coefficient (Wildman–Crippen LogP) is 1.88. The molecule has 0 saturated carbocycles. The lowest BCUT2D eigenvalue weighted by atomic mass is 9.86. The van der Waals surface area contributed by atoms with Crippen molar-refractivity contribution in [3.05, 3.63) is 24.0 Å². The SMILES string of the molecule is CC(=O)NCC1CN(c2ccc(N3CCC(C4C[S+]([O-])C4)CC3)c(F)c2)C(=O)O1. The summed E-state index contributed by atoms with van der Waals surface area (Å²) in [6, 6.07) is 4.83. The summed E-state index contributed by atoms with van der Waals surface area (Å²) in [5, 5.41) is 2.63. The number of rotatable bonds is 5. The zero-order chi connectivity index (χ0) is 20.5. The predicted molar refractivity (Wildman–Crippen MR) is 109 cm³/mol. The van der Waals surface area contributed by atoms with Gasteiger partial charge in [-0.3, -0.25) is 9.69 Å². The van der Waals surface area contributed by atoms with Crippen molar-refractivity contribution in [3.63, 3.8) is 0 Å². The second-order valence-corrected chi connectivity index (χ2v) is 9.59. The van der Waals surface area contributed by atoms with Gasteiger partial charge >= 0.3 is 6.09 Å². The fourth-order valence-corrected chi connectivity index (χ4v) is 5.73. The van der Waals surface area contributed by atoms with E-state index >= 15 is 0 Å². The van der Waals surface area contributed by atoms with Crippen molar-refractivity contribution in [2.45, 2.75) is 25.9 Å². The minimum absolute atomic E-state index is 0.191. The van der Waals surface area contributed by atoms with E-state index in [-0.39, 0.29) is 24.8 Å². The number of piperidine rings is 1. The topological polar surface area (TPSA) is 84.9 Å². The maximum atomic E-state index is 14.8. The van der Waals surface area contributed by atoms with Crippen molar-refractivity contribution in [3.8, 4) is 0 Å². The van der Waals surface area contributed by atoms with E-state index in [1.807, 2.05) is 4.90 Å². The summed E-state index contributed by atoms with van der Waals surface area (Å²) in [4.78, 5) is 26.6. The number of amides is 2. The number of nitrogens with one attached hydrogen (secondary N) is 1. The van der Waals surface area contributed by atoms with Crippen LogP contribution < -0.4 is 15.1 Å². The Morgan fingerprint density at radius 3 is 2.66 bits per heavy atom. The van der Waals surface area contributed by atoms with Gasteiger partial charge in [0.1, 0.15) is 23.4 Å². The smallest absolute Gasteiger partial charge is 0.414 e. The third-order valence-electron chi connectivity index (χ3n) is 6.04. The molecule has 0 spiro atoms. The molecule has 1 aromatic carbocycles. The van der Waals surface area contributed by atoms with E-state index in [1.54, 1.807) is 12.1 Å². The molecule has 3 saturated heterocycles. The van der Waals surface area contributed by atoms with E-state index < -0.39 is 23.4 Å². The first kappa shape index (κ1) is 20.3. The number of cyclic esters (lactones) is 1. The molecule has 3 fully saturated rings. The zero-order valence-corrected chi connectivity index (χ0v) is 17.3. The summed E-state index contributed by atoms with van der Waals surface area (Å²) in [6.45, 7) is 3.48. The number of ether oxygens (including phenoxy) is 1. The van der Waals surface area contributed by atoms with Gasteiger partial charge in [-0.2, -0.15) is 0 Å². The summed E-state index contributed by atoms with van der Waals surface area (Å²) in [5.74, 6) is 2.25. The minimum Gasteiger partial charge on any atom is -0.616 e. The molecule has 7 nitrogen and oxygen atoms in total. The van der Waals surface area contributed by atoms with E-state index in [1.165, 1.54) is 17.9 Å². The number of anilines is 2. The van der Waals surface area contributed by atoms with Crippen molar-refractivity contribution in [2.75, 3.05) is 47.5 Å². The summed E-state index contributed by atoms with van der Waals surface area (Å²) >= 11 is -0.622. The van der Waals surface area contributed by atoms with Gasteiger partial charge in [0.25, 0.3) is 0 Å². The van der Waals surface area contributed by atoms with Gasteiger partial charge in [0.05, 0.1) is 30.4 Å². The van der Waals surface area contributed by atoms with Crippen molar-refractivity contribution >= 4 is 34.6 Å². The molecule has 1 N–H and O–H groups in total. The Morgan fingerprint density at radius 1 is 1.31 bits per heavy atom. The first-order valence-electron chi connectivity index (χ1n) is 10.0. The number of hydrogen-bond donors (Lipinski definition) is 1. The van der Waals surface area contributed by atoms with Gasteiger partial charge in [0.15, 0.2) is 0 Å². The number of benzene rings is 1. The fraction of sp³-hybridized carbons (Fsp3) is 0.600. The molecular formula is C20H26FN3O4S. The van der Waals surface area contributed by atoms with Crippen LogP contribution in [0, 0.1) is 17.7 Å². The van der Waals surface area contributed by atoms with Crippen LogP contribution in [0.4, 0.5) is 20.6 Å². The van der Waals surface area contributed by atoms with Crippen molar-refractivity contribution in [1.82, 2.24) is 5.32 Å². The maximum Gasteiger partial charge on any atom is 0.414 e. The van der Waals surface area contributed by atoms with Gasteiger partial charge in [-0.15, -0.1) is 0 Å². The van der Waals surface area contributed by atoms with Crippen LogP contribution in [-0.4, -0.2) is 60.3 Å². The Labute approximate surface area is 172 Å². The number of carbonyl (C=O) groups is 2. The van der Waals surface area contributed by atoms with E-state index in [9.17, 15) is 18.5 Å². The Morgan fingerprint density at radius 2 is 2.03 bits per heavy atom. The molecule has 4 rings (SSSR count). The molecule has 1 aromatic rings. The summed E-state index contributed by atoms with van der Waals surface area (Å²) in [5.41, 5.74) is 1.00. The molecule has 3 aliphatic heterocycles. The summed E-state index contributed by atoms with van der Waals surface area (Å²) < 4.78 is 31.4. The highest BCUT2D eigenvalue weighted by Gasteiger charge is 2.39. The Hall–Kier alpha value is -2.00. The van der Waals surface area contributed by atoms with Gasteiger partial charge in [0.2, 0.25) is 5.91 Å². The number of nitrogens with zero attached hydrogens (tertiary/aromatic N) is 2. The van der Waals surface area contributed by atoms with Crippen LogP contribution in [0.5, 0.6) is 0 Å². The van der Waals surface area contributed by atoms with Crippen LogP contribution in [0.3, 0.4) is 0 Å². The van der Waals surface area contributed by atoms with Gasteiger partial charge in [-0.05, 0) is 37.0 Å². The van der Waals surface area contributed by atoms with Crippen molar-refractivity contribution < 1.29 is 23.3 Å². The minimum atomic E-state index is -0.622. The monoisotopic (exact) mass is 423 g/mol. The Balaban J connectivity index is 1.36. The molecule has 3 heterocycles. The van der Waals surface area contributed by atoms with Crippen LogP contribution in [0.2, 0.25) is 0 Å². The molecular weight excluding hydrogens is 397 g/mol. The highest BCUT2D eigenvalue weighted by molar-refractivity contribution is 7.92. The van der Waals surface area contributed by atoms with Crippen molar-refractivity contribution in [2.24, 2.45) is 11.8 Å². The Bertz CT molecular complexity index is 781. The molecule has 1 unspecified atom stereocenters. The van der Waals surface area contributed by atoms with Gasteiger partial charge in [-0.1, -0.05) is 11.2 Å². The van der Waals surface area contributed by atoms with Crippen LogP contribution in [0.1, 0.15) is 19.8 Å². The quantitative estimate of drug-likeness (QED) is 0.731. The number of hydrogen-bond acceptors (Lipinski definition) is 5. The molecule has 0 radical (unpaired) electrons. The van der Waals surface area contributed by atoms with Gasteiger partial charge < -0.3 is 19.5 Å². The fourth-order valence-electron chi connectivity index (χ4n) is 4.33. The van der Waals surface area contributed by atoms with Crippen LogP contribution in [0.25, 0.3) is 0 Å². The van der Waals surface area contributed by atoms with Gasteiger partial charge in [-0.25, -0.2) is 9.18 Å². The third-order valence-corrected chi connectivity index (χ3v) is 7.64. The first-order chi connectivity index (χ1) is 13.9. The molecule has 0 aromatic heterocycles. The molecule has 0 aliphatic carbocycles. The highest BCUT2D eigenvalue weighted by atomic mass is 32.2. The third kappa shape index (κ3) is 4.45. The average Bonchev–Trinajstić information content (AvgIpc) is 3.05. The standard InChI is InChI=1S/C20H26FN3O4S/c1-13(25)22-9-17-10-24(20(26)28-17)16-2-3-19(18(21)8-16)23-6-4-14(5-7-23)15-11-29(27)12-15/h2-3,8,14-15,17H,4-7,9-12H2,1H3,(H,22,25). The molecule has 0 bridgehead atoms. The second kappa shape index (κ2) is 8.39. The summed E-state index contributed by atoms with van der Waals surface area (Å²) in [6.07, 6.45) is 0.999. The largest absolute Gasteiger partial charge is 0.616 e. The molecule has 9 heteroatoms. The van der Waals surface area contributed by atoms with Crippen LogP contribution in [0.15, 0.2) is 18.2 Å². The van der Waals surface area contributed by atoms with Gasteiger partial charge in [0, 0.05) is 20.0 Å². The molecule has 3 aliphatic rings. The molecule has 29 heavy (non-hydrogen) atoms. The number of halogens is 1. The number of carbonyl (C=O) groups excluding carboxylic acids is 2. The maximum absolute atomic E-state index is 14.8. The lowest BCUT2D eigenvalue weighted by Gasteiger charge is -2.40. The molecule has 1 atom stereocenters. The Kier molecular flexibility index (Phi) is 5.87. The normalized spacial score (nSPS) is 27.6. The lowest BCUT2D eigenvalue weighted by molar-refractivity contribution is -0.119. The van der Waals surface area contributed by atoms with Crippen LogP contribution in [-0.2, 0) is 20.7 Å². The van der Waals surface area contributed by atoms with E-state index in [0.29, 0.717) is 23.2 Å². The summed E-state index contributed by atoms with van der Waals surface area (Å²) in [7, 11) is 0. The molecule has 158 valence electrons. The first-order valence-corrected chi connectivity index (χ1v) is 11.5. The average molecular weight is 424 g/mol.